The smallest absolute Gasteiger partial charge is 0.311 e. The van der Waals surface area contributed by atoms with Crippen molar-refractivity contribution in [3.63, 3.8) is 0 Å². The highest BCUT2D eigenvalue weighted by Crippen LogP contribution is 2.29. The minimum atomic E-state index is -0.938. The van der Waals surface area contributed by atoms with Crippen LogP contribution >= 0.6 is 0 Å². The van der Waals surface area contributed by atoms with E-state index in [0.29, 0.717) is 24.7 Å². The number of amides is 1. The Morgan fingerprint density at radius 1 is 1.22 bits per heavy atom. The fraction of sp³-hybridized carbons (Fsp3) is 0.882. The van der Waals surface area contributed by atoms with Gasteiger partial charge in [-0.2, -0.15) is 0 Å². The SMILES string of the molecule is CC1CCCC(NC(=O)COC(=O)C2CCC(F)CC2N)C1C. The van der Waals surface area contributed by atoms with E-state index in [1.165, 1.54) is 6.42 Å². The van der Waals surface area contributed by atoms with E-state index in [1.807, 2.05) is 0 Å². The highest BCUT2D eigenvalue weighted by atomic mass is 19.1. The molecule has 0 spiro atoms. The quantitative estimate of drug-likeness (QED) is 0.773. The summed E-state index contributed by atoms with van der Waals surface area (Å²) >= 11 is 0. The van der Waals surface area contributed by atoms with Gasteiger partial charge >= 0.3 is 5.97 Å². The van der Waals surface area contributed by atoms with Crippen LogP contribution in [0.4, 0.5) is 4.39 Å². The van der Waals surface area contributed by atoms with Crippen molar-refractivity contribution in [2.24, 2.45) is 23.5 Å². The number of rotatable bonds is 4. The Morgan fingerprint density at radius 2 is 1.96 bits per heavy atom. The van der Waals surface area contributed by atoms with Crippen LogP contribution in [0.3, 0.4) is 0 Å². The van der Waals surface area contributed by atoms with Gasteiger partial charge in [-0.3, -0.25) is 9.59 Å². The first-order valence-corrected chi connectivity index (χ1v) is 8.74. The first-order valence-electron chi connectivity index (χ1n) is 8.74. The van der Waals surface area contributed by atoms with E-state index in [1.54, 1.807) is 0 Å². The first-order chi connectivity index (χ1) is 10.9. The van der Waals surface area contributed by atoms with E-state index < -0.39 is 24.1 Å². The Balaban J connectivity index is 1.74. The lowest BCUT2D eigenvalue weighted by Crippen LogP contribution is -2.46. The van der Waals surface area contributed by atoms with Crippen LogP contribution in [0.15, 0.2) is 0 Å². The molecule has 0 saturated heterocycles. The Labute approximate surface area is 137 Å². The summed E-state index contributed by atoms with van der Waals surface area (Å²) in [6.07, 6.45) is 3.24. The zero-order valence-corrected chi connectivity index (χ0v) is 14.1. The monoisotopic (exact) mass is 328 g/mol. The van der Waals surface area contributed by atoms with Gasteiger partial charge in [-0.1, -0.05) is 26.7 Å². The Kier molecular flexibility index (Phi) is 6.39. The van der Waals surface area contributed by atoms with E-state index in [2.05, 4.69) is 19.2 Å². The number of esters is 1. The number of nitrogens with one attached hydrogen (secondary N) is 1. The molecule has 6 heteroatoms. The van der Waals surface area contributed by atoms with Crippen molar-refractivity contribution in [2.75, 3.05) is 6.61 Å². The van der Waals surface area contributed by atoms with Crippen molar-refractivity contribution in [1.82, 2.24) is 5.32 Å². The van der Waals surface area contributed by atoms with E-state index in [4.69, 9.17) is 10.5 Å². The van der Waals surface area contributed by atoms with Crippen LogP contribution in [-0.2, 0) is 14.3 Å². The van der Waals surface area contributed by atoms with Crippen molar-refractivity contribution in [2.45, 2.75) is 70.6 Å². The summed E-state index contributed by atoms with van der Waals surface area (Å²) in [7, 11) is 0. The molecule has 1 amide bonds. The lowest BCUT2D eigenvalue weighted by molar-refractivity contribution is -0.154. The topological polar surface area (TPSA) is 81.4 Å². The van der Waals surface area contributed by atoms with Crippen LogP contribution < -0.4 is 11.1 Å². The Bertz CT molecular complexity index is 432. The zero-order chi connectivity index (χ0) is 17.0. The van der Waals surface area contributed by atoms with Gasteiger partial charge in [0.05, 0.1) is 5.92 Å². The summed E-state index contributed by atoms with van der Waals surface area (Å²) in [6, 6.07) is -0.372. The maximum Gasteiger partial charge on any atom is 0.311 e. The van der Waals surface area contributed by atoms with Gasteiger partial charge in [0.1, 0.15) is 6.17 Å². The maximum atomic E-state index is 13.2. The third kappa shape index (κ3) is 4.90. The van der Waals surface area contributed by atoms with Gasteiger partial charge in [0.15, 0.2) is 6.61 Å². The molecule has 2 aliphatic carbocycles. The van der Waals surface area contributed by atoms with Crippen LogP contribution in [0, 0.1) is 17.8 Å². The fourth-order valence-electron chi connectivity index (χ4n) is 3.72. The Hall–Kier alpha value is -1.17. The van der Waals surface area contributed by atoms with E-state index >= 15 is 0 Å². The van der Waals surface area contributed by atoms with Gasteiger partial charge in [-0.15, -0.1) is 0 Å². The number of alkyl halides is 1. The summed E-state index contributed by atoms with van der Waals surface area (Å²) in [5, 5.41) is 2.97. The maximum absolute atomic E-state index is 13.2. The molecule has 6 unspecified atom stereocenters. The summed E-state index contributed by atoms with van der Waals surface area (Å²) < 4.78 is 18.3. The van der Waals surface area contributed by atoms with Gasteiger partial charge in [-0.05, 0) is 37.5 Å². The number of halogens is 1. The van der Waals surface area contributed by atoms with Crippen molar-refractivity contribution < 1.29 is 18.7 Å². The number of hydrogen-bond acceptors (Lipinski definition) is 4. The normalized spacial score (nSPS) is 37.9. The van der Waals surface area contributed by atoms with E-state index in [-0.39, 0.29) is 25.0 Å². The van der Waals surface area contributed by atoms with Gasteiger partial charge in [0.2, 0.25) is 0 Å². The average molecular weight is 328 g/mol. The zero-order valence-electron chi connectivity index (χ0n) is 14.1. The number of carbonyl (C=O) groups is 2. The van der Waals surface area contributed by atoms with Crippen LogP contribution in [0.5, 0.6) is 0 Å². The summed E-state index contributed by atoms with van der Waals surface area (Å²) in [5.41, 5.74) is 5.82. The molecule has 0 aromatic rings. The molecule has 0 radical (unpaired) electrons. The van der Waals surface area contributed by atoms with Gasteiger partial charge in [-0.25, -0.2) is 4.39 Å². The van der Waals surface area contributed by atoms with Crippen LogP contribution in [0.2, 0.25) is 0 Å². The second kappa shape index (κ2) is 8.08. The van der Waals surface area contributed by atoms with Gasteiger partial charge in [0.25, 0.3) is 5.91 Å². The lowest BCUT2D eigenvalue weighted by atomic mass is 9.78. The molecule has 3 N–H and O–H groups in total. The van der Waals surface area contributed by atoms with Crippen molar-refractivity contribution in [3.8, 4) is 0 Å². The lowest BCUT2D eigenvalue weighted by Gasteiger charge is -2.34. The summed E-state index contributed by atoms with van der Waals surface area (Å²) in [4.78, 5) is 24.0. The minimum Gasteiger partial charge on any atom is -0.455 e. The van der Waals surface area contributed by atoms with Gasteiger partial charge < -0.3 is 15.8 Å². The van der Waals surface area contributed by atoms with Crippen LogP contribution in [0.25, 0.3) is 0 Å². The highest BCUT2D eigenvalue weighted by molar-refractivity contribution is 5.81. The average Bonchev–Trinajstić information content (AvgIpc) is 2.49. The minimum absolute atomic E-state index is 0.147. The highest BCUT2D eigenvalue weighted by Gasteiger charge is 2.34. The molecule has 2 saturated carbocycles. The second-order valence-corrected chi connectivity index (χ2v) is 7.23. The third-order valence-corrected chi connectivity index (χ3v) is 5.54. The predicted molar refractivity (Wildman–Crippen MR) is 85.3 cm³/mol. The second-order valence-electron chi connectivity index (χ2n) is 7.23. The molecule has 2 aliphatic rings. The Morgan fingerprint density at radius 3 is 2.65 bits per heavy atom. The van der Waals surface area contributed by atoms with Crippen molar-refractivity contribution in [3.05, 3.63) is 0 Å². The molecular formula is C17H29FN2O3. The number of ether oxygens (including phenoxy) is 1. The molecule has 2 fully saturated rings. The van der Waals surface area contributed by atoms with Crippen molar-refractivity contribution >= 4 is 11.9 Å². The third-order valence-electron chi connectivity index (χ3n) is 5.54. The van der Waals surface area contributed by atoms with E-state index in [0.717, 1.165) is 12.8 Å². The van der Waals surface area contributed by atoms with E-state index in [9.17, 15) is 14.0 Å². The standard InChI is InChI=1S/C17H29FN2O3/c1-10-4-3-5-15(11(10)2)20-16(21)9-23-17(22)13-7-6-12(18)8-14(13)19/h10-15H,3-9,19H2,1-2H3,(H,20,21). The molecule has 0 bridgehead atoms. The molecule has 0 aromatic carbocycles. The molecule has 5 nitrogen and oxygen atoms in total. The van der Waals surface area contributed by atoms with Crippen LogP contribution in [0.1, 0.15) is 52.4 Å². The molecule has 2 rings (SSSR count). The molecule has 6 atom stereocenters. The summed E-state index contributed by atoms with van der Waals surface area (Å²) in [5.74, 6) is -0.229. The fourth-order valence-corrected chi connectivity index (χ4v) is 3.72. The summed E-state index contributed by atoms with van der Waals surface area (Å²) in [6.45, 7) is 4.07. The predicted octanol–water partition coefficient (Wildman–Crippen LogP) is 1.94. The molecule has 132 valence electrons. The number of carbonyl (C=O) groups excluding carboxylic acids is 2. The number of nitrogens with two attached hydrogens (primary N) is 1. The van der Waals surface area contributed by atoms with Crippen molar-refractivity contribution in [1.29, 1.82) is 0 Å². The number of hydrogen-bond donors (Lipinski definition) is 2. The first kappa shape index (κ1) is 18.2. The molecular weight excluding hydrogens is 299 g/mol. The van der Waals surface area contributed by atoms with Gasteiger partial charge in [0, 0.05) is 12.1 Å². The molecule has 0 aromatic heterocycles. The largest absolute Gasteiger partial charge is 0.455 e. The molecule has 0 aliphatic heterocycles. The molecule has 0 heterocycles. The van der Waals surface area contributed by atoms with Crippen LogP contribution in [-0.4, -0.2) is 36.7 Å². The molecule has 23 heavy (non-hydrogen) atoms.